The van der Waals surface area contributed by atoms with Gasteiger partial charge in [0.15, 0.2) is 17.4 Å². The van der Waals surface area contributed by atoms with E-state index >= 15 is 0 Å². The summed E-state index contributed by atoms with van der Waals surface area (Å²) in [6, 6.07) is 0. The summed E-state index contributed by atoms with van der Waals surface area (Å²) in [5.41, 5.74) is -0.397. The molecule has 26 heavy (non-hydrogen) atoms. The van der Waals surface area contributed by atoms with Gasteiger partial charge in [-0.05, 0) is 0 Å². The number of phosphoric acid groups is 1. The van der Waals surface area contributed by atoms with Crippen LogP contribution in [0.2, 0.25) is 0 Å². The van der Waals surface area contributed by atoms with Crippen LogP contribution in [-0.4, -0.2) is 60.1 Å². The maximum Gasteiger partial charge on any atom is 1.00 e. The number of nitrogens with one attached hydrogen (secondary N) is 1. The fourth-order valence-corrected chi connectivity index (χ4v) is 2.64. The van der Waals surface area contributed by atoms with Crippen LogP contribution < -0.4 is 74.5 Å². The van der Waals surface area contributed by atoms with Gasteiger partial charge in [-0.3, -0.25) is 9.36 Å². The third kappa shape index (κ3) is 5.43. The molecule has 0 aliphatic carbocycles. The van der Waals surface area contributed by atoms with Gasteiger partial charge in [-0.25, -0.2) is 9.97 Å². The van der Waals surface area contributed by atoms with Crippen molar-refractivity contribution < 1.29 is 98.4 Å². The van der Waals surface area contributed by atoms with Crippen LogP contribution in [-0.2, 0) is 13.8 Å². The maximum atomic E-state index is 11.6. The van der Waals surface area contributed by atoms with Crippen molar-refractivity contribution in [3.05, 3.63) is 23.0 Å². The van der Waals surface area contributed by atoms with Crippen LogP contribution >= 0.6 is 7.82 Å². The van der Waals surface area contributed by atoms with Crippen molar-refractivity contribution in [2.45, 2.75) is 24.5 Å². The monoisotopic (exact) mass is 410 g/mol. The van der Waals surface area contributed by atoms with Crippen LogP contribution in [0.5, 0.6) is 0 Å². The van der Waals surface area contributed by atoms with E-state index in [4.69, 9.17) is 4.74 Å². The summed E-state index contributed by atoms with van der Waals surface area (Å²) in [4.78, 5) is 42.6. The molecule has 5 N–H and O–H groups in total. The maximum absolute atomic E-state index is 11.6. The second-order valence-electron chi connectivity index (χ2n) is 4.84. The Labute approximate surface area is 189 Å². The molecule has 0 spiro atoms. The summed E-state index contributed by atoms with van der Waals surface area (Å²) in [5.74, 6) is 0. The van der Waals surface area contributed by atoms with E-state index in [2.05, 4.69) is 19.5 Å². The van der Waals surface area contributed by atoms with Crippen molar-refractivity contribution in [2.24, 2.45) is 0 Å². The predicted molar refractivity (Wildman–Crippen MR) is 71.2 cm³/mol. The first-order chi connectivity index (χ1) is 10.8. The average Bonchev–Trinajstić information content (AvgIpc) is 3.01. The fraction of sp³-hybridized carbons (Fsp3) is 0.500. The van der Waals surface area contributed by atoms with Crippen molar-refractivity contribution in [1.29, 1.82) is 0 Å². The predicted octanol–water partition coefficient (Wildman–Crippen LogP) is -10.2. The van der Waals surface area contributed by atoms with Gasteiger partial charge in [0, 0.05) is 0 Å². The van der Waals surface area contributed by atoms with Gasteiger partial charge in [-0.1, -0.05) is 0 Å². The first kappa shape index (κ1) is 26.3. The number of hydrogen-bond acceptors (Lipinski definition) is 10. The molecular formula is C10H13N4Na2O9P. The number of hydrogen-bond donors (Lipinski definition) is 3. The van der Waals surface area contributed by atoms with Gasteiger partial charge < -0.3 is 44.3 Å². The van der Waals surface area contributed by atoms with E-state index in [9.17, 15) is 29.4 Å². The minimum Gasteiger partial charge on any atom is -0.790 e. The van der Waals surface area contributed by atoms with Gasteiger partial charge in [0.05, 0.1) is 27.1 Å². The molecule has 4 atom stereocenters. The van der Waals surface area contributed by atoms with Gasteiger partial charge in [0.2, 0.25) is 0 Å². The fourth-order valence-electron chi connectivity index (χ4n) is 2.31. The molecule has 3 rings (SSSR count). The van der Waals surface area contributed by atoms with Crippen LogP contribution in [0.15, 0.2) is 17.4 Å². The molecule has 1 aliphatic rings. The van der Waals surface area contributed by atoms with Gasteiger partial charge in [0.25, 0.3) is 5.56 Å². The molecule has 2 aromatic heterocycles. The standard InChI is InChI=1S/C10H13N4O8P.2Na.H2O/c15-6-4(1-21-23(18,19)20)22-10(7(6)16)14-3-13-5-8(14)11-2-12-9(5)17;;;/h2-4,6-7,10,15-16H,1H2,(H,11,12,17)(H2,18,19,20);;;1H2/q;2*+1;/p-2/t4-,6-,7-,10-;;;/m0.../s1. The number of phosphoric ester groups is 1. The molecule has 0 saturated carbocycles. The van der Waals surface area contributed by atoms with Crippen LogP contribution in [0.4, 0.5) is 0 Å². The number of rotatable bonds is 4. The number of fused-ring (bicyclic) bond motifs is 1. The van der Waals surface area contributed by atoms with E-state index in [1.807, 2.05) is 0 Å². The molecule has 1 fully saturated rings. The number of H-pyrrole nitrogens is 1. The Morgan fingerprint density at radius 1 is 1.31 bits per heavy atom. The summed E-state index contributed by atoms with van der Waals surface area (Å²) in [6.45, 7) is -0.750. The molecule has 3 heterocycles. The minimum absolute atomic E-state index is 0. The number of nitrogens with zero attached hydrogens (tertiary/aromatic N) is 3. The van der Waals surface area contributed by atoms with Gasteiger partial charge in [-0.15, -0.1) is 0 Å². The summed E-state index contributed by atoms with van der Waals surface area (Å²) in [7, 11) is -5.24. The second kappa shape index (κ2) is 10.2. The van der Waals surface area contributed by atoms with E-state index < -0.39 is 44.5 Å². The second-order valence-corrected chi connectivity index (χ2v) is 6.00. The molecule has 0 bridgehead atoms. The van der Waals surface area contributed by atoms with E-state index in [0.717, 1.165) is 6.33 Å². The van der Waals surface area contributed by atoms with E-state index in [1.165, 1.54) is 10.9 Å². The van der Waals surface area contributed by atoms with E-state index in [0.29, 0.717) is 0 Å². The Bertz CT molecular complexity index is 826. The topological polar surface area (TPSA) is 217 Å². The smallest absolute Gasteiger partial charge is 0.790 e. The molecule has 1 aliphatic heterocycles. The van der Waals surface area contributed by atoms with Crippen LogP contribution in [0.3, 0.4) is 0 Å². The summed E-state index contributed by atoms with van der Waals surface area (Å²) >= 11 is 0. The normalized spacial score (nSPS) is 25.2. The van der Waals surface area contributed by atoms with Crippen LogP contribution in [0.1, 0.15) is 6.23 Å². The zero-order chi connectivity index (χ0) is 16.8. The quantitative estimate of drug-likeness (QED) is 0.319. The van der Waals surface area contributed by atoms with E-state index in [1.54, 1.807) is 0 Å². The molecular weight excluding hydrogens is 397 g/mol. The zero-order valence-corrected chi connectivity index (χ0v) is 18.7. The zero-order valence-electron chi connectivity index (χ0n) is 13.8. The Balaban J connectivity index is 0.00000208. The molecule has 0 radical (unpaired) electrons. The number of ether oxygens (including phenoxy) is 1. The molecule has 0 amide bonds. The Kier molecular flexibility index (Phi) is 10.3. The first-order valence-corrected chi connectivity index (χ1v) is 7.82. The third-order valence-electron chi connectivity index (χ3n) is 3.37. The Hall–Kier alpha value is 0.300. The Morgan fingerprint density at radius 2 is 1.96 bits per heavy atom. The molecule has 13 nitrogen and oxygen atoms in total. The average molecular weight is 410 g/mol. The van der Waals surface area contributed by atoms with Crippen molar-refractivity contribution >= 4 is 19.0 Å². The molecule has 1 saturated heterocycles. The number of aliphatic hydroxyl groups excluding tert-OH is 2. The molecule has 2 aromatic rings. The summed E-state index contributed by atoms with van der Waals surface area (Å²) in [6.07, 6.45) is -3.11. The van der Waals surface area contributed by atoms with Gasteiger partial charge in [0.1, 0.15) is 18.3 Å². The minimum atomic E-state index is -5.24. The third-order valence-corrected chi connectivity index (χ3v) is 3.84. The number of aliphatic hydroxyl groups is 2. The largest absolute Gasteiger partial charge is 1.00 e. The molecule has 0 aromatic carbocycles. The summed E-state index contributed by atoms with van der Waals surface area (Å²) < 4.78 is 21.1. The molecule has 0 unspecified atom stereocenters. The van der Waals surface area contributed by atoms with E-state index in [-0.39, 0.29) is 75.8 Å². The molecule has 134 valence electrons. The van der Waals surface area contributed by atoms with Crippen molar-refractivity contribution in [2.75, 3.05) is 6.61 Å². The first-order valence-electron chi connectivity index (χ1n) is 6.36. The van der Waals surface area contributed by atoms with Crippen molar-refractivity contribution in [3.63, 3.8) is 0 Å². The number of imidazole rings is 1. The van der Waals surface area contributed by atoms with Gasteiger partial charge >= 0.3 is 59.1 Å². The number of aromatic nitrogens is 4. The SMILES string of the molecule is O.O=c1[nH]cnc2c1ncn2[C@H]1O[C@@H](COP(=O)([O-])[O-])[C@H](O)[C@@H]1O.[Na+].[Na+]. The van der Waals surface area contributed by atoms with Crippen LogP contribution in [0.25, 0.3) is 11.2 Å². The van der Waals surface area contributed by atoms with Gasteiger partial charge in [-0.2, -0.15) is 0 Å². The van der Waals surface area contributed by atoms with Crippen molar-refractivity contribution in [1.82, 2.24) is 19.5 Å². The Morgan fingerprint density at radius 3 is 2.58 bits per heavy atom. The van der Waals surface area contributed by atoms with Crippen LogP contribution in [0, 0.1) is 0 Å². The molecule has 16 heteroatoms. The van der Waals surface area contributed by atoms with Crippen molar-refractivity contribution in [3.8, 4) is 0 Å². The number of aromatic amines is 1. The summed E-state index contributed by atoms with van der Waals surface area (Å²) in [5, 5.41) is 19.9.